The van der Waals surface area contributed by atoms with E-state index < -0.39 is 8.07 Å². The van der Waals surface area contributed by atoms with Gasteiger partial charge in [0.05, 0.1) is 12.5 Å². The van der Waals surface area contributed by atoms with E-state index in [1.54, 1.807) is 7.11 Å². The normalized spacial score (nSPS) is 11.6. The van der Waals surface area contributed by atoms with Gasteiger partial charge in [0, 0.05) is 7.11 Å². The molecule has 0 atom stereocenters. The number of halogens is 1. The smallest absolute Gasteiger partial charge is 0.188 e. The molecular formula is C12H19BrO2Si. The Labute approximate surface area is 107 Å². The Bertz CT molecular complexity index is 372. The van der Waals surface area contributed by atoms with Gasteiger partial charge >= 0.3 is 0 Å². The summed E-state index contributed by atoms with van der Waals surface area (Å²) < 4.78 is 11.7. The second-order valence-corrected chi connectivity index (χ2v) is 10.8. The van der Waals surface area contributed by atoms with Gasteiger partial charge in [0.1, 0.15) is 5.75 Å². The van der Waals surface area contributed by atoms with Crippen molar-refractivity contribution in [3.8, 4) is 5.75 Å². The van der Waals surface area contributed by atoms with Crippen molar-refractivity contribution in [3.63, 3.8) is 0 Å². The fourth-order valence-electron chi connectivity index (χ4n) is 1.55. The van der Waals surface area contributed by atoms with Crippen molar-refractivity contribution in [2.75, 3.05) is 13.9 Å². The number of ether oxygens (including phenoxy) is 2. The summed E-state index contributed by atoms with van der Waals surface area (Å²) in [5.41, 5.74) is 1.26. The zero-order valence-electron chi connectivity index (χ0n) is 10.6. The summed E-state index contributed by atoms with van der Waals surface area (Å²) in [6.45, 7) is 9.34. The highest BCUT2D eigenvalue weighted by Gasteiger charge is 2.23. The van der Waals surface area contributed by atoms with Gasteiger partial charge in [-0.05, 0) is 39.7 Å². The molecule has 16 heavy (non-hydrogen) atoms. The monoisotopic (exact) mass is 302 g/mol. The summed E-state index contributed by atoms with van der Waals surface area (Å²) in [5.74, 6) is 0.937. The Morgan fingerprint density at radius 3 is 2.38 bits per heavy atom. The van der Waals surface area contributed by atoms with Crippen LogP contribution in [0.3, 0.4) is 0 Å². The average Bonchev–Trinajstić information content (AvgIpc) is 2.14. The molecule has 0 heterocycles. The van der Waals surface area contributed by atoms with Crippen molar-refractivity contribution in [2.24, 2.45) is 0 Å². The molecule has 0 aliphatic heterocycles. The number of rotatable bonds is 4. The standard InChI is InChI=1S/C12H19BrO2Si/c1-9-6-10(13)12(15-8-14-2)11(7-9)16(3,4)5/h6-7H,8H2,1-5H3. The van der Waals surface area contributed by atoms with Crippen LogP contribution in [-0.4, -0.2) is 22.0 Å². The lowest BCUT2D eigenvalue weighted by atomic mass is 10.2. The van der Waals surface area contributed by atoms with E-state index in [0.29, 0.717) is 6.79 Å². The van der Waals surface area contributed by atoms with E-state index in [0.717, 1.165) is 10.2 Å². The van der Waals surface area contributed by atoms with E-state index in [2.05, 4.69) is 54.6 Å². The molecule has 0 aliphatic rings. The lowest BCUT2D eigenvalue weighted by Crippen LogP contribution is -2.39. The third-order valence-electron chi connectivity index (χ3n) is 2.32. The van der Waals surface area contributed by atoms with E-state index in [4.69, 9.17) is 9.47 Å². The van der Waals surface area contributed by atoms with Crippen LogP contribution in [0.2, 0.25) is 19.6 Å². The summed E-state index contributed by atoms with van der Waals surface area (Å²) in [6.07, 6.45) is 0. The number of hydrogen-bond acceptors (Lipinski definition) is 2. The van der Waals surface area contributed by atoms with Crippen molar-refractivity contribution in [2.45, 2.75) is 26.6 Å². The largest absolute Gasteiger partial charge is 0.467 e. The van der Waals surface area contributed by atoms with Gasteiger partial charge in [0.15, 0.2) is 6.79 Å². The first-order valence-corrected chi connectivity index (χ1v) is 9.58. The van der Waals surface area contributed by atoms with Crippen LogP contribution in [0.1, 0.15) is 5.56 Å². The summed E-state index contributed by atoms with van der Waals surface area (Å²) in [6, 6.07) is 4.30. The maximum absolute atomic E-state index is 5.66. The molecule has 0 N–H and O–H groups in total. The molecule has 0 radical (unpaired) electrons. The number of hydrogen-bond donors (Lipinski definition) is 0. The molecule has 0 spiro atoms. The second-order valence-electron chi connectivity index (χ2n) is 4.92. The Morgan fingerprint density at radius 2 is 1.88 bits per heavy atom. The van der Waals surface area contributed by atoms with Crippen LogP contribution in [0.25, 0.3) is 0 Å². The summed E-state index contributed by atoms with van der Waals surface area (Å²) in [5, 5.41) is 1.33. The van der Waals surface area contributed by atoms with E-state index >= 15 is 0 Å². The molecule has 1 aromatic carbocycles. The van der Waals surface area contributed by atoms with Crippen LogP contribution in [0.4, 0.5) is 0 Å². The van der Waals surface area contributed by atoms with Crippen LogP contribution in [-0.2, 0) is 4.74 Å². The summed E-state index contributed by atoms with van der Waals surface area (Å²) in [7, 11) is 0.234. The van der Waals surface area contributed by atoms with Crippen molar-refractivity contribution < 1.29 is 9.47 Å². The Hall–Kier alpha value is -0.323. The van der Waals surface area contributed by atoms with Crippen molar-refractivity contribution in [1.82, 2.24) is 0 Å². The average molecular weight is 303 g/mol. The molecule has 0 aliphatic carbocycles. The van der Waals surface area contributed by atoms with Crippen LogP contribution in [0.5, 0.6) is 5.75 Å². The minimum Gasteiger partial charge on any atom is -0.467 e. The van der Waals surface area contributed by atoms with Crippen LogP contribution >= 0.6 is 15.9 Å². The van der Waals surface area contributed by atoms with E-state index in [1.807, 2.05) is 0 Å². The van der Waals surface area contributed by atoms with Gasteiger partial charge in [-0.2, -0.15) is 0 Å². The van der Waals surface area contributed by atoms with Gasteiger partial charge in [0.25, 0.3) is 0 Å². The molecule has 4 heteroatoms. The minimum absolute atomic E-state index is 0.291. The number of aryl methyl sites for hydroxylation is 1. The molecule has 0 aromatic heterocycles. The van der Waals surface area contributed by atoms with Crippen molar-refractivity contribution in [1.29, 1.82) is 0 Å². The highest BCUT2D eigenvalue weighted by molar-refractivity contribution is 9.10. The van der Waals surface area contributed by atoms with Gasteiger partial charge < -0.3 is 9.47 Å². The fourth-order valence-corrected chi connectivity index (χ4v) is 3.97. The molecule has 0 saturated carbocycles. The molecule has 0 unspecified atom stereocenters. The third kappa shape index (κ3) is 3.33. The third-order valence-corrected chi connectivity index (χ3v) is 4.89. The summed E-state index contributed by atoms with van der Waals surface area (Å²) >= 11 is 3.56. The maximum atomic E-state index is 5.66. The Kier molecular flexibility index (Phi) is 4.58. The first-order valence-electron chi connectivity index (χ1n) is 5.28. The summed E-state index contributed by atoms with van der Waals surface area (Å²) in [4.78, 5) is 0. The minimum atomic E-state index is -1.40. The zero-order chi connectivity index (χ0) is 12.3. The van der Waals surface area contributed by atoms with Crippen LogP contribution in [0, 0.1) is 6.92 Å². The predicted molar refractivity (Wildman–Crippen MR) is 74.4 cm³/mol. The first-order chi connectivity index (χ1) is 7.36. The highest BCUT2D eigenvalue weighted by Crippen LogP contribution is 2.27. The van der Waals surface area contributed by atoms with Crippen LogP contribution < -0.4 is 9.92 Å². The highest BCUT2D eigenvalue weighted by atomic mass is 79.9. The van der Waals surface area contributed by atoms with Gasteiger partial charge in [0.2, 0.25) is 0 Å². The Balaban J connectivity index is 3.21. The second kappa shape index (κ2) is 5.34. The Morgan fingerprint density at radius 1 is 1.25 bits per heavy atom. The van der Waals surface area contributed by atoms with Crippen molar-refractivity contribution >= 4 is 29.2 Å². The molecule has 0 amide bonds. The number of benzene rings is 1. The van der Waals surface area contributed by atoms with E-state index in [1.165, 1.54) is 10.8 Å². The topological polar surface area (TPSA) is 18.5 Å². The lowest BCUT2D eigenvalue weighted by Gasteiger charge is -2.22. The van der Waals surface area contributed by atoms with Gasteiger partial charge in [-0.15, -0.1) is 0 Å². The number of methoxy groups -OCH3 is 1. The molecule has 0 fully saturated rings. The molecule has 1 rings (SSSR count). The fraction of sp³-hybridized carbons (Fsp3) is 0.500. The van der Waals surface area contributed by atoms with Gasteiger partial charge in [-0.3, -0.25) is 0 Å². The molecule has 1 aromatic rings. The molecule has 0 bridgehead atoms. The van der Waals surface area contributed by atoms with Gasteiger partial charge in [-0.25, -0.2) is 0 Å². The SMILES string of the molecule is COCOc1c(Br)cc(C)cc1[Si](C)(C)C. The molecule has 90 valence electrons. The zero-order valence-corrected chi connectivity index (χ0v) is 13.1. The van der Waals surface area contributed by atoms with E-state index in [-0.39, 0.29) is 0 Å². The predicted octanol–water partition coefficient (Wildman–Crippen LogP) is 3.29. The first kappa shape index (κ1) is 13.7. The maximum Gasteiger partial charge on any atom is 0.188 e. The van der Waals surface area contributed by atoms with Crippen LogP contribution in [0.15, 0.2) is 16.6 Å². The molecule has 0 saturated heterocycles. The quantitative estimate of drug-likeness (QED) is 0.628. The van der Waals surface area contributed by atoms with E-state index in [9.17, 15) is 0 Å². The lowest BCUT2D eigenvalue weighted by molar-refractivity contribution is 0.0513. The van der Waals surface area contributed by atoms with Crippen molar-refractivity contribution in [3.05, 3.63) is 22.2 Å². The van der Waals surface area contributed by atoms with Gasteiger partial charge in [-0.1, -0.05) is 25.7 Å². The molecule has 2 nitrogen and oxygen atoms in total. The molecular weight excluding hydrogens is 284 g/mol.